The summed E-state index contributed by atoms with van der Waals surface area (Å²) in [6.07, 6.45) is 35.9. The molecule has 0 aliphatic heterocycles. The van der Waals surface area contributed by atoms with E-state index in [0.717, 1.165) is 57.8 Å². The minimum absolute atomic E-state index is 0.0258. The third-order valence-corrected chi connectivity index (χ3v) is 8.45. The van der Waals surface area contributed by atoms with Crippen molar-refractivity contribution >= 4 is 19.8 Å². The van der Waals surface area contributed by atoms with Crippen molar-refractivity contribution < 1.29 is 37.6 Å². The standard InChI is InChI=1S/C38H68NO8P/c1-4-6-8-10-12-14-16-17-18-19-21-23-25-27-29-31-38(41)47-36(35-46-48(42,43)45-33-32-39-3)34-44-37(40)30-28-26-24-22-20-15-13-11-9-7-5-2/h6,8,12,14,17-18,21,23,36,39H,4-5,7,9-11,13,15-16,19-20,22,24-35H2,1-3H3,(H,42,43)/b8-6-,14-12-,18-17-,23-21-. The van der Waals surface area contributed by atoms with Gasteiger partial charge in [-0.3, -0.25) is 18.6 Å². The Balaban J connectivity index is 4.40. The highest BCUT2D eigenvalue weighted by Gasteiger charge is 2.26. The average molecular weight is 698 g/mol. The van der Waals surface area contributed by atoms with E-state index in [1.807, 2.05) is 0 Å². The Hall–Kier alpha value is -2.03. The van der Waals surface area contributed by atoms with Gasteiger partial charge in [-0.2, -0.15) is 0 Å². The number of rotatable bonds is 34. The van der Waals surface area contributed by atoms with Gasteiger partial charge in [-0.1, -0.05) is 127 Å². The van der Waals surface area contributed by atoms with Gasteiger partial charge in [0.05, 0.1) is 13.2 Å². The molecule has 0 aromatic rings. The molecule has 2 atom stereocenters. The number of phosphoric ester groups is 1. The molecule has 0 bridgehead atoms. The van der Waals surface area contributed by atoms with Gasteiger partial charge >= 0.3 is 19.8 Å². The Bertz CT molecular complexity index is 934. The van der Waals surface area contributed by atoms with Gasteiger partial charge in [0.2, 0.25) is 0 Å². The molecule has 0 amide bonds. The van der Waals surface area contributed by atoms with Crippen molar-refractivity contribution in [2.24, 2.45) is 0 Å². The van der Waals surface area contributed by atoms with E-state index in [-0.39, 0.29) is 32.0 Å². The molecule has 0 aliphatic rings. The van der Waals surface area contributed by atoms with E-state index < -0.39 is 26.5 Å². The molecule has 278 valence electrons. The van der Waals surface area contributed by atoms with Gasteiger partial charge in [0, 0.05) is 19.4 Å². The van der Waals surface area contributed by atoms with Gasteiger partial charge in [0.15, 0.2) is 6.10 Å². The molecule has 0 rings (SSSR count). The van der Waals surface area contributed by atoms with Crippen LogP contribution < -0.4 is 5.32 Å². The van der Waals surface area contributed by atoms with Gasteiger partial charge in [0.1, 0.15) is 6.61 Å². The molecule has 0 aromatic heterocycles. The fourth-order valence-corrected chi connectivity index (χ4v) is 5.41. The second-order valence-electron chi connectivity index (χ2n) is 12.0. The highest BCUT2D eigenvalue weighted by molar-refractivity contribution is 7.47. The second-order valence-corrected chi connectivity index (χ2v) is 13.5. The van der Waals surface area contributed by atoms with E-state index in [4.69, 9.17) is 18.5 Å². The summed E-state index contributed by atoms with van der Waals surface area (Å²) in [5, 5.41) is 2.81. The summed E-state index contributed by atoms with van der Waals surface area (Å²) >= 11 is 0. The lowest BCUT2D eigenvalue weighted by Gasteiger charge is -2.20. The molecule has 10 heteroatoms. The number of carbonyl (C=O) groups is 2. The summed E-state index contributed by atoms with van der Waals surface area (Å²) in [7, 11) is -2.66. The van der Waals surface area contributed by atoms with Crippen molar-refractivity contribution in [3.05, 3.63) is 48.6 Å². The summed E-state index contributed by atoms with van der Waals surface area (Å²) in [4.78, 5) is 34.8. The van der Waals surface area contributed by atoms with Gasteiger partial charge in [-0.15, -0.1) is 0 Å². The minimum Gasteiger partial charge on any atom is -0.462 e. The van der Waals surface area contributed by atoms with E-state index in [0.29, 0.717) is 13.0 Å². The van der Waals surface area contributed by atoms with E-state index in [1.54, 1.807) is 7.05 Å². The molecule has 0 radical (unpaired) electrons. The van der Waals surface area contributed by atoms with E-state index in [1.165, 1.54) is 51.4 Å². The molecule has 2 unspecified atom stereocenters. The number of hydrogen-bond donors (Lipinski definition) is 2. The lowest BCUT2D eigenvalue weighted by Crippen LogP contribution is -2.29. The van der Waals surface area contributed by atoms with Crippen LogP contribution in [-0.4, -0.2) is 56.3 Å². The highest BCUT2D eigenvalue weighted by atomic mass is 31.2. The van der Waals surface area contributed by atoms with Crippen LogP contribution in [0.25, 0.3) is 0 Å². The molecule has 0 heterocycles. The van der Waals surface area contributed by atoms with Crippen molar-refractivity contribution in [2.45, 2.75) is 148 Å². The van der Waals surface area contributed by atoms with Crippen LogP contribution in [0.4, 0.5) is 0 Å². The van der Waals surface area contributed by atoms with Crippen molar-refractivity contribution in [3.8, 4) is 0 Å². The molecule has 0 saturated carbocycles. The first-order valence-corrected chi connectivity index (χ1v) is 20.1. The lowest BCUT2D eigenvalue weighted by atomic mass is 10.1. The van der Waals surface area contributed by atoms with Crippen LogP contribution in [0, 0.1) is 0 Å². The molecule has 0 saturated heterocycles. The molecule has 0 spiro atoms. The number of unbranched alkanes of at least 4 members (excludes halogenated alkanes) is 12. The average Bonchev–Trinajstić information content (AvgIpc) is 3.06. The van der Waals surface area contributed by atoms with Crippen molar-refractivity contribution in [3.63, 3.8) is 0 Å². The molecule has 0 aromatic carbocycles. The number of allylic oxidation sites excluding steroid dienone is 8. The maximum Gasteiger partial charge on any atom is 0.472 e. The summed E-state index contributed by atoms with van der Waals surface area (Å²) in [6.45, 7) is 4.03. The number of carbonyl (C=O) groups excluding carboxylic acids is 2. The highest BCUT2D eigenvalue weighted by Crippen LogP contribution is 2.43. The number of ether oxygens (including phenoxy) is 2. The number of phosphoric acid groups is 1. The molecule has 9 nitrogen and oxygen atoms in total. The van der Waals surface area contributed by atoms with Gasteiger partial charge < -0.3 is 19.7 Å². The number of hydrogen-bond acceptors (Lipinski definition) is 8. The SMILES string of the molecule is CC/C=C\C/C=C\C/C=C\C/C=C\CCCCC(=O)OC(COC(=O)CCCCCCCCCCCCC)COP(=O)(O)OCCNC. The number of likely N-dealkylation sites (N-methyl/N-ethyl adjacent to an activating group) is 1. The van der Waals surface area contributed by atoms with Gasteiger partial charge in [-0.05, 0) is 58.4 Å². The number of nitrogens with one attached hydrogen (secondary N) is 1. The van der Waals surface area contributed by atoms with Crippen LogP contribution in [0.1, 0.15) is 142 Å². The number of esters is 2. The summed E-state index contributed by atoms with van der Waals surface area (Å²) < 4.78 is 33.0. The molecule has 48 heavy (non-hydrogen) atoms. The van der Waals surface area contributed by atoms with Crippen LogP contribution >= 0.6 is 7.82 Å². The van der Waals surface area contributed by atoms with Crippen LogP contribution in [0.3, 0.4) is 0 Å². The van der Waals surface area contributed by atoms with E-state index >= 15 is 0 Å². The molecule has 0 fully saturated rings. The van der Waals surface area contributed by atoms with E-state index in [2.05, 4.69) is 67.8 Å². The van der Waals surface area contributed by atoms with Gasteiger partial charge in [-0.25, -0.2) is 4.57 Å². The zero-order valence-electron chi connectivity index (χ0n) is 30.4. The Kier molecular flexibility index (Phi) is 33.3. The second kappa shape index (κ2) is 34.8. The molecule has 0 aliphatic carbocycles. The van der Waals surface area contributed by atoms with Gasteiger partial charge in [0.25, 0.3) is 0 Å². The van der Waals surface area contributed by atoms with Crippen molar-refractivity contribution in [1.29, 1.82) is 0 Å². The molecular formula is C38H68NO8P. The predicted octanol–water partition coefficient (Wildman–Crippen LogP) is 9.86. The van der Waals surface area contributed by atoms with Crippen LogP contribution in [0.2, 0.25) is 0 Å². The minimum atomic E-state index is -4.35. The monoisotopic (exact) mass is 697 g/mol. The van der Waals surface area contributed by atoms with E-state index in [9.17, 15) is 19.0 Å². The zero-order chi connectivity index (χ0) is 35.4. The Morgan fingerprint density at radius 3 is 1.77 bits per heavy atom. The van der Waals surface area contributed by atoms with Crippen LogP contribution in [0.5, 0.6) is 0 Å². The fourth-order valence-electron chi connectivity index (χ4n) is 4.66. The topological polar surface area (TPSA) is 120 Å². The Morgan fingerprint density at radius 2 is 1.19 bits per heavy atom. The Morgan fingerprint density at radius 1 is 0.667 bits per heavy atom. The third kappa shape index (κ3) is 33.9. The van der Waals surface area contributed by atoms with Crippen molar-refractivity contribution in [2.75, 3.05) is 33.4 Å². The quantitative estimate of drug-likeness (QED) is 0.0293. The largest absolute Gasteiger partial charge is 0.472 e. The Labute approximate surface area is 292 Å². The zero-order valence-corrected chi connectivity index (χ0v) is 31.3. The fraction of sp³-hybridized carbons (Fsp3) is 0.737. The first kappa shape index (κ1) is 46.0. The smallest absolute Gasteiger partial charge is 0.462 e. The third-order valence-electron chi connectivity index (χ3n) is 7.46. The molecule has 2 N–H and O–H groups in total. The maximum absolute atomic E-state index is 12.5. The first-order chi connectivity index (χ1) is 23.3. The first-order valence-electron chi connectivity index (χ1n) is 18.6. The summed E-state index contributed by atoms with van der Waals surface area (Å²) in [6, 6.07) is 0. The van der Waals surface area contributed by atoms with Crippen molar-refractivity contribution in [1.82, 2.24) is 5.32 Å². The molecular weight excluding hydrogens is 629 g/mol. The summed E-state index contributed by atoms with van der Waals surface area (Å²) in [5.74, 6) is -0.860. The summed E-state index contributed by atoms with van der Waals surface area (Å²) in [5.41, 5.74) is 0. The predicted molar refractivity (Wildman–Crippen MR) is 197 cm³/mol. The normalized spacial score (nSPS) is 14.0. The lowest BCUT2D eigenvalue weighted by molar-refractivity contribution is -0.161. The van der Waals surface area contributed by atoms with Crippen LogP contribution in [0.15, 0.2) is 48.6 Å². The maximum atomic E-state index is 12.5. The van der Waals surface area contributed by atoms with Crippen LogP contribution in [-0.2, 0) is 32.7 Å².